The first kappa shape index (κ1) is 15.8. The van der Waals surface area contributed by atoms with Crippen molar-refractivity contribution in [3.05, 3.63) is 23.3 Å². The third kappa shape index (κ3) is 3.05. The number of hydrogen-bond donors (Lipinski definition) is 2. The zero-order chi connectivity index (χ0) is 15.5. The standard InChI is InChI=1S/C17H26N2O2/c1-5-8-17(9-10-18-11-17)16(20)19-14-7-6-12(2)15(21-4)13(14)3/h6-7,18H,5,8-11H2,1-4H3,(H,19,20). The molecule has 1 atom stereocenters. The van der Waals surface area contributed by atoms with Crippen molar-refractivity contribution < 1.29 is 9.53 Å². The fraction of sp³-hybridized carbons (Fsp3) is 0.588. The molecule has 21 heavy (non-hydrogen) atoms. The van der Waals surface area contributed by atoms with E-state index in [1.165, 1.54) is 0 Å². The summed E-state index contributed by atoms with van der Waals surface area (Å²) in [5.41, 5.74) is 2.66. The second kappa shape index (κ2) is 6.48. The van der Waals surface area contributed by atoms with E-state index in [1.807, 2.05) is 26.0 Å². The first-order valence-corrected chi connectivity index (χ1v) is 7.70. The topological polar surface area (TPSA) is 50.4 Å². The van der Waals surface area contributed by atoms with Gasteiger partial charge >= 0.3 is 0 Å². The monoisotopic (exact) mass is 290 g/mol. The van der Waals surface area contributed by atoms with Gasteiger partial charge in [-0.3, -0.25) is 4.79 Å². The molecule has 0 radical (unpaired) electrons. The molecule has 1 aliphatic rings. The molecule has 0 spiro atoms. The molecule has 1 fully saturated rings. The summed E-state index contributed by atoms with van der Waals surface area (Å²) >= 11 is 0. The number of anilines is 1. The summed E-state index contributed by atoms with van der Waals surface area (Å²) in [4.78, 5) is 12.8. The van der Waals surface area contributed by atoms with Gasteiger partial charge in [0, 0.05) is 17.8 Å². The Kier molecular flexibility index (Phi) is 4.88. The predicted octanol–water partition coefficient (Wildman–Crippen LogP) is 3.03. The quantitative estimate of drug-likeness (QED) is 0.876. The Morgan fingerprint density at radius 1 is 1.43 bits per heavy atom. The summed E-state index contributed by atoms with van der Waals surface area (Å²) in [6, 6.07) is 3.95. The number of ether oxygens (including phenoxy) is 1. The van der Waals surface area contributed by atoms with E-state index in [-0.39, 0.29) is 11.3 Å². The molecule has 4 heteroatoms. The molecule has 1 aromatic carbocycles. The number of aryl methyl sites for hydroxylation is 1. The zero-order valence-electron chi connectivity index (χ0n) is 13.5. The third-order valence-electron chi connectivity index (χ3n) is 4.51. The van der Waals surface area contributed by atoms with Gasteiger partial charge in [0.05, 0.1) is 12.5 Å². The number of hydrogen-bond acceptors (Lipinski definition) is 3. The first-order valence-electron chi connectivity index (χ1n) is 7.70. The number of methoxy groups -OCH3 is 1. The summed E-state index contributed by atoms with van der Waals surface area (Å²) in [7, 11) is 1.67. The Balaban J connectivity index is 2.23. The number of amides is 1. The molecule has 0 aromatic heterocycles. The van der Waals surface area contributed by atoms with Gasteiger partial charge in [-0.15, -0.1) is 0 Å². The highest BCUT2D eigenvalue weighted by Crippen LogP contribution is 2.35. The Bertz CT molecular complexity index is 520. The number of carbonyl (C=O) groups is 1. The molecule has 4 nitrogen and oxygen atoms in total. The minimum atomic E-state index is -0.265. The smallest absolute Gasteiger partial charge is 0.231 e. The van der Waals surface area contributed by atoms with Gasteiger partial charge in [0.1, 0.15) is 5.75 Å². The van der Waals surface area contributed by atoms with E-state index in [0.29, 0.717) is 0 Å². The molecular weight excluding hydrogens is 264 g/mol. The Morgan fingerprint density at radius 2 is 2.19 bits per heavy atom. The van der Waals surface area contributed by atoms with Crippen LogP contribution in [0.2, 0.25) is 0 Å². The second-order valence-corrected chi connectivity index (χ2v) is 6.00. The fourth-order valence-corrected chi connectivity index (χ4v) is 3.27. The van der Waals surface area contributed by atoms with E-state index in [9.17, 15) is 4.79 Å². The SMILES string of the molecule is CCCC1(C(=O)Nc2ccc(C)c(OC)c2C)CCNC1. The van der Waals surface area contributed by atoms with Gasteiger partial charge in [0.2, 0.25) is 5.91 Å². The summed E-state index contributed by atoms with van der Waals surface area (Å²) in [6.07, 6.45) is 2.86. The van der Waals surface area contributed by atoms with Gasteiger partial charge in [-0.2, -0.15) is 0 Å². The second-order valence-electron chi connectivity index (χ2n) is 6.00. The first-order chi connectivity index (χ1) is 10.0. The van der Waals surface area contributed by atoms with Crippen LogP contribution >= 0.6 is 0 Å². The molecule has 0 saturated carbocycles. The van der Waals surface area contributed by atoms with Gasteiger partial charge in [-0.25, -0.2) is 0 Å². The summed E-state index contributed by atoms with van der Waals surface area (Å²) in [5.74, 6) is 0.977. The normalized spacial score (nSPS) is 21.3. The predicted molar refractivity (Wildman–Crippen MR) is 85.9 cm³/mol. The molecule has 0 aliphatic carbocycles. The van der Waals surface area contributed by atoms with Crippen LogP contribution in [0.4, 0.5) is 5.69 Å². The number of nitrogens with one attached hydrogen (secondary N) is 2. The molecule has 0 bridgehead atoms. The molecule has 1 heterocycles. The average molecular weight is 290 g/mol. The highest BCUT2D eigenvalue weighted by Gasteiger charge is 2.40. The van der Waals surface area contributed by atoms with Crippen LogP contribution in [-0.4, -0.2) is 26.1 Å². The minimum Gasteiger partial charge on any atom is -0.496 e. The fourth-order valence-electron chi connectivity index (χ4n) is 3.27. The van der Waals surface area contributed by atoms with Crippen LogP contribution in [0.25, 0.3) is 0 Å². The van der Waals surface area contributed by atoms with Crippen molar-refractivity contribution in [3.63, 3.8) is 0 Å². The molecular formula is C17H26N2O2. The van der Waals surface area contributed by atoms with E-state index in [0.717, 1.165) is 54.9 Å². The van der Waals surface area contributed by atoms with Crippen molar-refractivity contribution >= 4 is 11.6 Å². The van der Waals surface area contributed by atoms with Crippen molar-refractivity contribution in [1.29, 1.82) is 0 Å². The van der Waals surface area contributed by atoms with Crippen molar-refractivity contribution in [2.45, 2.75) is 40.0 Å². The number of rotatable bonds is 5. The van der Waals surface area contributed by atoms with Crippen molar-refractivity contribution in [3.8, 4) is 5.75 Å². The number of benzene rings is 1. The molecule has 1 amide bonds. The van der Waals surface area contributed by atoms with Gasteiger partial charge in [-0.1, -0.05) is 19.4 Å². The molecule has 1 unspecified atom stereocenters. The maximum Gasteiger partial charge on any atom is 0.231 e. The van der Waals surface area contributed by atoms with E-state index in [2.05, 4.69) is 17.6 Å². The molecule has 116 valence electrons. The molecule has 1 aliphatic heterocycles. The lowest BCUT2D eigenvalue weighted by Gasteiger charge is -2.27. The van der Waals surface area contributed by atoms with Crippen molar-refractivity contribution in [1.82, 2.24) is 5.32 Å². The summed E-state index contributed by atoms with van der Waals surface area (Å²) in [6.45, 7) is 7.82. The number of carbonyl (C=O) groups excluding carboxylic acids is 1. The van der Waals surface area contributed by atoms with Crippen LogP contribution in [0.3, 0.4) is 0 Å². The van der Waals surface area contributed by atoms with Gasteiger partial charge < -0.3 is 15.4 Å². The van der Waals surface area contributed by atoms with Crippen LogP contribution in [0.15, 0.2) is 12.1 Å². The minimum absolute atomic E-state index is 0.128. The van der Waals surface area contributed by atoms with Crippen LogP contribution in [-0.2, 0) is 4.79 Å². The van der Waals surface area contributed by atoms with E-state index in [4.69, 9.17) is 4.74 Å². The van der Waals surface area contributed by atoms with Crippen molar-refractivity contribution in [2.24, 2.45) is 5.41 Å². The maximum absolute atomic E-state index is 12.8. The highest BCUT2D eigenvalue weighted by molar-refractivity contribution is 5.96. The average Bonchev–Trinajstić information content (AvgIpc) is 2.93. The van der Waals surface area contributed by atoms with Gasteiger partial charge in [0.15, 0.2) is 0 Å². The third-order valence-corrected chi connectivity index (χ3v) is 4.51. The van der Waals surface area contributed by atoms with Gasteiger partial charge in [0.25, 0.3) is 0 Å². The molecule has 1 saturated heterocycles. The Hall–Kier alpha value is -1.55. The lowest BCUT2D eigenvalue weighted by atomic mass is 9.81. The van der Waals surface area contributed by atoms with Gasteiger partial charge in [-0.05, 0) is 44.9 Å². The van der Waals surface area contributed by atoms with Crippen LogP contribution in [0.5, 0.6) is 5.75 Å². The van der Waals surface area contributed by atoms with Crippen LogP contribution in [0, 0.1) is 19.3 Å². The zero-order valence-corrected chi connectivity index (χ0v) is 13.5. The Labute approximate surface area is 127 Å². The lowest BCUT2D eigenvalue weighted by Crippen LogP contribution is -2.38. The van der Waals surface area contributed by atoms with Crippen molar-refractivity contribution in [2.75, 3.05) is 25.5 Å². The summed E-state index contributed by atoms with van der Waals surface area (Å²) in [5, 5.41) is 6.45. The Morgan fingerprint density at radius 3 is 2.76 bits per heavy atom. The summed E-state index contributed by atoms with van der Waals surface area (Å²) < 4.78 is 5.43. The van der Waals surface area contributed by atoms with Crippen LogP contribution in [0.1, 0.15) is 37.3 Å². The molecule has 1 aromatic rings. The van der Waals surface area contributed by atoms with E-state index >= 15 is 0 Å². The maximum atomic E-state index is 12.8. The highest BCUT2D eigenvalue weighted by atomic mass is 16.5. The van der Waals surface area contributed by atoms with E-state index in [1.54, 1.807) is 7.11 Å². The largest absolute Gasteiger partial charge is 0.496 e. The van der Waals surface area contributed by atoms with Crippen LogP contribution < -0.4 is 15.4 Å². The lowest BCUT2D eigenvalue weighted by molar-refractivity contribution is -0.125. The molecule has 2 rings (SSSR count). The molecule has 2 N–H and O–H groups in total. The van der Waals surface area contributed by atoms with E-state index < -0.39 is 0 Å².